The van der Waals surface area contributed by atoms with E-state index in [0.717, 1.165) is 18.4 Å². The molecular formula is C20H32ClN3O3S. The second-order valence-electron chi connectivity index (χ2n) is 8.15. The quantitative estimate of drug-likeness (QED) is 0.696. The second-order valence-corrected chi connectivity index (χ2v) is 10.1. The fourth-order valence-electron chi connectivity index (χ4n) is 3.59. The largest absolute Gasteiger partial charge is 0.354 e. The van der Waals surface area contributed by atoms with Crippen LogP contribution in [0.5, 0.6) is 0 Å². The first kappa shape index (κ1) is 23.1. The summed E-state index contributed by atoms with van der Waals surface area (Å²) in [6.45, 7) is 5.43. The van der Waals surface area contributed by atoms with Crippen molar-refractivity contribution >= 4 is 28.3 Å². The number of amides is 1. The van der Waals surface area contributed by atoms with Crippen LogP contribution in [0.1, 0.15) is 51.0 Å². The molecule has 0 spiro atoms. The van der Waals surface area contributed by atoms with Gasteiger partial charge in [0.25, 0.3) is 0 Å². The van der Waals surface area contributed by atoms with E-state index in [1.54, 1.807) is 12.1 Å². The minimum atomic E-state index is -3.50. The van der Waals surface area contributed by atoms with Crippen LogP contribution in [-0.4, -0.2) is 44.3 Å². The predicted molar refractivity (Wildman–Crippen MR) is 113 cm³/mol. The van der Waals surface area contributed by atoms with Crippen LogP contribution in [0.4, 0.5) is 0 Å². The van der Waals surface area contributed by atoms with Gasteiger partial charge in [-0.25, -0.2) is 8.42 Å². The molecule has 1 aromatic carbocycles. The van der Waals surface area contributed by atoms with Crippen molar-refractivity contribution in [3.05, 3.63) is 29.8 Å². The summed E-state index contributed by atoms with van der Waals surface area (Å²) in [5, 5.41) is 2.94. The maximum atomic E-state index is 12.9. The van der Waals surface area contributed by atoms with Crippen molar-refractivity contribution in [2.24, 2.45) is 17.6 Å². The number of benzene rings is 1. The Bertz CT molecular complexity index is 755. The van der Waals surface area contributed by atoms with Crippen molar-refractivity contribution in [3.8, 4) is 0 Å². The lowest BCUT2D eigenvalue weighted by Crippen LogP contribution is -2.45. The van der Waals surface area contributed by atoms with Crippen molar-refractivity contribution < 1.29 is 13.2 Å². The first-order chi connectivity index (χ1) is 12.8. The molecule has 28 heavy (non-hydrogen) atoms. The molecule has 0 radical (unpaired) electrons. The average Bonchev–Trinajstić information content (AvgIpc) is 3.51. The summed E-state index contributed by atoms with van der Waals surface area (Å²) in [6, 6.07) is 7.16. The summed E-state index contributed by atoms with van der Waals surface area (Å²) in [6.07, 6.45) is 3.42. The van der Waals surface area contributed by atoms with Gasteiger partial charge in [0.05, 0.1) is 4.90 Å². The molecule has 3 N–H and O–H groups in total. The van der Waals surface area contributed by atoms with Crippen LogP contribution < -0.4 is 11.1 Å². The molecule has 158 valence electrons. The lowest BCUT2D eigenvalue weighted by atomic mass is 9.97. The van der Waals surface area contributed by atoms with Crippen LogP contribution in [0.2, 0.25) is 0 Å². The average molecular weight is 430 g/mol. The number of hydrogen-bond donors (Lipinski definition) is 2. The molecule has 1 saturated heterocycles. The van der Waals surface area contributed by atoms with E-state index < -0.39 is 10.0 Å². The Morgan fingerprint density at radius 2 is 1.71 bits per heavy atom. The number of halogens is 1. The molecule has 1 atom stereocenters. The van der Waals surface area contributed by atoms with E-state index in [1.807, 2.05) is 12.1 Å². The zero-order chi connectivity index (χ0) is 19.6. The highest BCUT2D eigenvalue weighted by atomic mass is 35.5. The smallest absolute Gasteiger partial charge is 0.243 e. The third kappa shape index (κ3) is 5.47. The van der Waals surface area contributed by atoms with Gasteiger partial charge >= 0.3 is 0 Å². The number of carbonyl (C=O) groups excluding carboxylic acids is 1. The Morgan fingerprint density at radius 3 is 2.21 bits per heavy atom. The van der Waals surface area contributed by atoms with Gasteiger partial charge in [0.15, 0.2) is 0 Å². The Balaban J connectivity index is 0.00000280. The van der Waals surface area contributed by atoms with E-state index >= 15 is 0 Å². The van der Waals surface area contributed by atoms with Gasteiger partial charge in [-0.05, 0) is 55.2 Å². The molecule has 1 unspecified atom stereocenters. The Labute approximate surface area is 174 Å². The minimum absolute atomic E-state index is 0. The topological polar surface area (TPSA) is 92.5 Å². The molecule has 1 aliphatic carbocycles. The number of piperidine rings is 1. The highest BCUT2D eigenvalue weighted by Gasteiger charge is 2.33. The van der Waals surface area contributed by atoms with Crippen LogP contribution in [0, 0.1) is 11.8 Å². The number of sulfonamides is 1. The summed E-state index contributed by atoms with van der Waals surface area (Å²) in [5.74, 6) is 0.791. The molecule has 1 aliphatic heterocycles. The Morgan fingerprint density at radius 1 is 1.14 bits per heavy atom. The third-order valence-electron chi connectivity index (χ3n) is 5.75. The minimum Gasteiger partial charge on any atom is -0.354 e. The van der Waals surface area contributed by atoms with Gasteiger partial charge in [-0.3, -0.25) is 4.79 Å². The van der Waals surface area contributed by atoms with Crippen LogP contribution in [0.25, 0.3) is 0 Å². The number of hydrogen-bond acceptors (Lipinski definition) is 4. The second kappa shape index (κ2) is 9.57. The lowest BCUT2D eigenvalue weighted by molar-refractivity contribution is -0.126. The molecule has 0 aromatic heterocycles. The van der Waals surface area contributed by atoms with Gasteiger partial charge in [0.1, 0.15) is 0 Å². The van der Waals surface area contributed by atoms with Crippen molar-refractivity contribution in [2.75, 3.05) is 19.6 Å². The van der Waals surface area contributed by atoms with Crippen LogP contribution in [-0.2, 0) is 14.8 Å². The normalized spacial score (nSPS) is 19.9. The number of nitrogens with zero attached hydrogens (tertiary/aromatic N) is 1. The number of carbonyl (C=O) groups is 1. The summed E-state index contributed by atoms with van der Waals surface area (Å²) in [5.41, 5.74) is 7.15. The fourth-order valence-corrected chi connectivity index (χ4v) is 5.06. The van der Waals surface area contributed by atoms with Gasteiger partial charge in [0, 0.05) is 31.6 Å². The van der Waals surface area contributed by atoms with E-state index in [9.17, 15) is 13.2 Å². The summed E-state index contributed by atoms with van der Waals surface area (Å²) < 4.78 is 27.2. The first-order valence-electron chi connectivity index (χ1n) is 9.92. The molecule has 1 amide bonds. The molecule has 2 aliphatic rings. The number of nitrogens with one attached hydrogen (secondary N) is 1. The zero-order valence-corrected chi connectivity index (χ0v) is 18.3. The van der Waals surface area contributed by atoms with Crippen molar-refractivity contribution in [1.82, 2.24) is 9.62 Å². The molecule has 1 heterocycles. The molecule has 1 saturated carbocycles. The third-order valence-corrected chi connectivity index (χ3v) is 7.66. The maximum Gasteiger partial charge on any atom is 0.243 e. The number of rotatable bonds is 7. The summed E-state index contributed by atoms with van der Waals surface area (Å²) in [4.78, 5) is 12.7. The predicted octanol–water partition coefficient (Wildman–Crippen LogP) is 2.49. The van der Waals surface area contributed by atoms with Gasteiger partial charge < -0.3 is 11.1 Å². The SMILES string of the molecule is CC(C)c1ccc(S(=O)(=O)N2CCC(C(=O)NCC(N)C3CC3)CC2)cc1.Cl. The zero-order valence-electron chi connectivity index (χ0n) is 16.6. The molecule has 1 aromatic rings. The highest BCUT2D eigenvalue weighted by molar-refractivity contribution is 7.89. The van der Waals surface area contributed by atoms with E-state index in [0.29, 0.717) is 49.2 Å². The maximum absolute atomic E-state index is 12.9. The van der Waals surface area contributed by atoms with Gasteiger partial charge in [-0.15, -0.1) is 12.4 Å². The van der Waals surface area contributed by atoms with Crippen LogP contribution in [0.15, 0.2) is 29.2 Å². The molecule has 3 rings (SSSR count). The highest BCUT2D eigenvalue weighted by Crippen LogP contribution is 2.31. The standard InChI is InChI=1S/C20H31N3O3S.ClH/c1-14(2)15-5-7-18(8-6-15)27(25,26)23-11-9-17(10-12-23)20(24)22-13-19(21)16-3-4-16;/h5-8,14,16-17,19H,3-4,9-13,21H2,1-2H3,(H,22,24);1H. The van der Waals surface area contributed by atoms with Crippen molar-refractivity contribution in [1.29, 1.82) is 0 Å². The van der Waals surface area contributed by atoms with Crippen molar-refractivity contribution in [3.63, 3.8) is 0 Å². The van der Waals surface area contributed by atoms with Gasteiger partial charge in [-0.1, -0.05) is 26.0 Å². The van der Waals surface area contributed by atoms with Crippen LogP contribution >= 0.6 is 12.4 Å². The summed E-state index contributed by atoms with van der Waals surface area (Å²) in [7, 11) is -3.50. The lowest BCUT2D eigenvalue weighted by Gasteiger charge is -2.30. The van der Waals surface area contributed by atoms with E-state index in [1.165, 1.54) is 4.31 Å². The summed E-state index contributed by atoms with van der Waals surface area (Å²) >= 11 is 0. The fraction of sp³-hybridized carbons (Fsp3) is 0.650. The van der Waals surface area contributed by atoms with Gasteiger partial charge in [0.2, 0.25) is 15.9 Å². The Kier molecular flexibility index (Phi) is 7.90. The molecule has 0 bridgehead atoms. The van der Waals surface area contributed by atoms with E-state index in [4.69, 9.17) is 5.73 Å². The van der Waals surface area contributed by atoms with Crippen LogP contribution in [0.3, 0.4) is 0 Å². The first-order valence-corrected chi connectivity index (χ1v) is 11.4. The van der Waals surface area contributed by atoms with Crippen molar-refractivity contribution in [2.45, 2.75) is 56.4 Å². The molecule has 2 fully saturated rings. The molecule has 8 heteroatoms. The van der Waals surface area contributed by atoms with E-state index in [-0.39, 0.29) is 30.3 Å². The van der Waals surface area contributed by atoms with E-state index in [2.05, 4.69) is 19.2 Å². The molecular weight excluding hydrogens is 398 g/mol. The Hall–Kier alpha value is -1.15. The van der Waals surface area contributed by atoms with Gasteiger partial charge in [-0.2, -0.15) is 4.31 Å². The molecule has 6 nitrogen and oxygen atoms in total. The number of nitrogens with two attached hydrogens (primary N) is 1. The monoisotopic (exact) mass is 429 g/mol.